The number of Topliss-reactive ketones (excluding diaryl/α,β-unsaturated/α-hetero) is 2. The van der Waals surface area contributed by atoms with Gasteiger partial charge in [-0.3, -0.25) is 9.59 Å². The summed E-state index contributed by atoms with van der Waals surface area (Å²) in [5, 5.41) is 0. The van der Waals surface area contributed by atoms with Crippen molar-refractivity contribution in [2.75, 3.05) is 13.2 Å². The highest BCUT2D eigenvalue weighted by molar-refractivity contribution is 6.01. The Morgan fingerprint density at radius 2 is 2.07 bits per heavy atom. The van der Waals surface area contributed by atoms with Crippen LogP contribution in [-0.2, 0) is 16.0 Å². The van der Waals surface area contributed by atoms with Crippen LogP contribution < -0.4 is 0 Å². The maximum Gasteiger partial charge on any atom is 0.355 e. The van der Waals surface area contributed by atoms with E-state index in [2.05, 4.69) is 9.55 Å². The number of nitrogens with zero attached hydrogens (tertiary/aromatic N) is 1. The molecule has 2 aromatic rings. The number of carbonyl (C=O) groups is 3. The Balaban J connectivity index is 1.63. The van der Waals surface area contributed by atoms with Crippen molar-refractivity contribution in [3.8, 4) is 0 Å². The molecule has 3 rings (SSSR count). The van der Waals surface area contributed by atoms with Crippen molar-refractivity contribution in [3.05, 3.63) is 46.5 Å². The fourth-order valence-corrected chi connectivity index (χ4v) is 3.36. The lowest BCUT2D eigenvalue weighted by Crippen LogP contribution is -2.18. The van der Waals surface area contributed by atoms with Crippen LogP contribution in [0.3, 0.4) is 0 Å². The maximum atomic E-state index is 12.5. The van der Waals surface area contributed by atoms with E-state index in [1.54, 1.807) is 0 Å². The van der Waals surface area contributed by atoms with Crippen LogP contribution in [0.25, 0.3) is 0 Å². The summed E-state index contributed by atoms with van der Waals surface area (Å²) in [6.45, 7) is 6.41. The molecule has 0 unspecified atom stereocenters. The number of esters is 1. The van der Waals surface area contributed by atoms with Gasteiger partial charge in [-0.05, 0) is 45.7 Å². The minimum Gasteiger partial charge on any atom is -0.453 e. The summed E-state index contributed by atoms with van der Waals surface area (Å²) in [6, 6.07) is 3.24. The Hall–Kier alpha value is -2.67. The lowest BCUT2D eigenvalue weighted by atomic mass is 10.1. The number of nitrogens with one attached hydrogen (secondary N) is 1. The Morgan fingerprint density at radius 1 is 1.30 bits per heavy atom. The zero-order valence-corrected chi connectivity index (χ0v) is 15.8. The van der Waals surface area contributed by atoms with Gasteiger partial charge in [-0.15, -0.1) is 0 Å². The number of carbonyl (C=O) groups excluding carboxylic acids is 3. The lowest BCUT2D eigenvalue weighted by molar-refractivity contribution is 0.0469. The van der Waals surface area contributed by atoms with Crippen LogP contribution >= 0.6 is 0 Å². The molecule has 3 heterocycles. The molecule has 1 N–H and O–H groups in total. The van der Waals surface area contributed by atoms with Gasteiger partial charge in [0, 0.05) is 41.9 Å². The molecule has 0 bridgehead atoms. The summed E-state index contributed by atoms with van der Waals surface area (Å²) in [6.07, 6.45) is 3.71. The first-order valence-electron chi connectivity index (χ1n) is 9.05. The third-order valence-corrected chi connectivity index (χ3v) is 4.93. The van der Waals surface area contributed by atoms with Crippen LogP contribution in [0.2, 0.25) is 0 Å². The van der Waals surface area contributed by atoms with Gasteiger partial charge in [-0.2, -0.15) is 0 Å². The van der Waals surface area contributed by atoms with Gasteiger partial charge in [-0.1, -0.05) is 0 Å². The molecule has 1 aliphatic heterocycles. The SMILES string of the molecule is CC(=O)c1c[nH]c(C(=O)OCC(=O)c2cc(C)n(C[C@@H]3CCCO3)c2C)c1. The molecule has 1 aliphatic rings. The molecule has 0 radical (unpaired) electrons. The van der Waals surface area contributed by atoms with E-state index in [0.717, 1.165) is 37.4 Å². The van der Waals surface area contributed by atoms with Crippen molar-refractivity contribution in [3.63, 3.8) is 0 Å². The largest absolute Gasteiger partial charge is 0.453 e. The number of hydrogen-bond acceptors (Lipinski definition) is 5. The number of aromatic amines is 1. The molecule has 1 atom stereocenters. The van der Waals surface area contributed by atoms with Crippen molar-refractivity contribution < 1.29 is 23.9 Å². The average molecular weight is 372 g/mol. The van der Waals surface area contributed by atoms with Gasteiger partial charge >= 0.3 is 5.97 Å². The van der Waals surface area contributed by atoms with Crippen LogP contribution in [0.15, 0.2) is 18.3 Å². The van der Waals surface area contributed by atoms with Gasteiger partial charge in [0.15, 0.2) is 12.4 Å². The third kappa shape index (κ3) is 4.19. The molecule has 7 heteroatoms. The van der Waals surface area contributed by atoms with Crippen LogP contribution in [0.5, 0.6) is 0 Å². The second kappa shape index (κ2) is 7.92. The van der Waals surface area contributed by atoms with Gasteiger partial charge < -0.3 is 19.0 Å². The summed E-state index contributed by atoms with van der Waals surface area (Å²) in [7, 11) is 0. The molecule has 0 spiro atoms. The quantitative estimate of drug-likeness (QED) is 0.596. The molecule has 0 amide bonds. The minimum absolute atomic E-state index is 0.150. The summed E-state index contributed by atoms with van der Waals surface area (Å²) < 4.78 is 12.9. The van der Waals surface area contributed by atoms with E-state index in [4.69, 9.17) is 9.47 Å². The van der Waals surface area contributed by atoms with E-state index >= 15 is 0 Å². The van der Waals surface area contributed by atoms with Crippen LogP contribution in [0.4, 0.5) is 0 Å². The standard InChI is InChI=1S/C20H24N2O5/c1-12-7-17(13(2)22(12)10-16-5-4-6-26-16)19(24)11-27-20(25)18-8-15(9-21-18)14(3)23/h7-9,16,21H,4-6,10-11H2,1-3H3/t16-/m0/s1. The van der Waals surface area contributed by atoms with E-state index in [-0.39, 0.29) is 30.0 Å². The Bertz CT molecular complexity index is 871. The first-order valence-corrected chi connectivity index (χ1v) is 9.05. The van der Waals surface area contributed by atoms with E-state index in [0.29, 0.717) is 11.1 Å². The van der Waals surface area contributed by atoms with E-state index < -0.39 is 5.97 Å². The predicted molar refractivity (Wildman–Crippen MR) is 98.3 cm³/mol. The number of H-pyrrole nitrogens is 1. The van der Waals surface area contributed by atoms with E-state index in [1.165, 1.54) is 19.2 Å². The minimum atomic E-state index is -0.663. The van der Waals surface area contributed by atoms with Crippen LogP contribution in [0, 0.1) is 13.8 Å². The zero-order valence-electron chi connectivity index (χ0n) is 15.8. The number of aromatic nitrogens is 2. The van der Waals surface area contributed by atoms with Crippen LogP contribution in [0.1, 0.15) is 62.4 Å². The predicted octanol–water partition coefficient (Wildman–Crippen LogP) is 2.85. The Labute approximate surface area is 157 Å². The van der Waals surface area contributed by atoms with Crippen molar-refractivity contribution >= 4 is 17.5 Å². The molecule has 2 aromatic heterocycles. The molecule has 7 nitrogen and oxygen atoms in total. The molecule has 27 heavy (non-hydrogen) atoms. The van der Waals surface area contributed by atoms with Crippen molar-refractivity contribution in [2.24, 2.45) is 0 Å². The smallest absolute Gasteiger partial charge is 0.355 e. The second-order valence-corrected chi connectivity index (χ2v) is 6.89. The Kier molecular flexibility index (Phi) is 5.60. The molecular formula is C20H24N2O5. The summed E-state index contributed by atoms with van der Waals surface area (Å²) in [5.41, 5.74) is 2.92. The first kappa shape index (κ1) is 19.1. The van der Waals surface area contributed by atoms with E-state index in [1.807, 2.05) is 19.9 Å². The number of ketones is 2. The van der Waals surface area contributed by atoms with Gasteiger partial charge in [0.05, 0.1) is 6.10 Å². The summed E-state index contributed by atoms with van der Waals surface area (Å²) in [5.74, 6) is -1.07. The lowest BCUT2D eigenvalue weighted by Gasteiger charge is -2.14. The monoisotopic (exact) mass is 372 g/mol. The molecule has 0 aliphatic carbocycles. The molecule has 0 saturated carbocycles. The Morgan fingerprint density at radius 3 is 2.70 bits per heavy atom. The molecular weight excluding hydrogens is 348 g/mol. The number of rotatable bonds is 7. The van der Waals surface area contributed by atoms with Crippen molar-refractivity contribution in [2.45, 2.75) is 46.3 Å². The highest BCUT2D eigenvalue weighted by atomic mass is 16.5. The first-order chi connectivity index (χ1) is 12.9. The second-order valence-electron chi connectivity index (χ2n) is 6.89. The molecule has 1 saturated heterocycles. The van der Waals surface area contributed by atoms with Crippen molar-refractivity contribution in [1.29, 1.82) is 0 Å². The fraction of sp³-hybridized carbons (Fsp3) is 0.450. The number of ether oxygens (including phenoxy) is 2. The van der Waals surface area contributed by atoms with Crippen LogP contribution in [-0.4, -0.2) is 46.4 Å². The molecule has 1 fully saturated rings. The van der Waals surface area contributed by atoms with Gasteiger partial charge in [0.25, 0.3) is 0 Å². The summed E-state index contributed by atoms with van der Waals surface area (Å²) in [4.78, 5) is 38.6. The van der Waals surface area contributed by atoms with Crippen molar-refractivity contribution in [1.82, 2.24) is 9.55 Å². The zero-order chi connectivity index (χ0) is 19.6. The fourth-order valence-electron chi connectivity index (χ4n) is 3.36. The molecule has 144 valence electrons. The third-order valence-electron chi connectivity index (χ3n) is 4.93. The normalized spacial score (nSPS) is 16.5. The number of hydrogen-bond donors (Lipinski definition) is 1. The van der Waals surface area contributed by atoms with Gasteiger partial charge in [0.2, 0.25) is 5.78 Å². The van der Waals surface area contributed by atoms with Gasteiger partial charge in [-0.25, -0.2) is 4.79 Å². The average Bonchev–Trinajstić information content (AvgIpc) is 3.36. The highest BCUT2D eigenvalue weighted by Gasteiger charge is 2.22. The highest BCUT2D eigenvalue weighted by Crippen LogP contribution is 2.21. The van der Waals surface area contributed by atoms with Gasteiger partial charge in [0.1, 0.15) is 5.69 Å². The molecule has 0 aromatic carbocycles. The summed E-state index contributed by atoms with van der Waals surface area (Å²) >= 11 is 0. The maximum absolute atomic E-state index is 12.5. The number of aryl methyl sites for hydroxylation is 1. The topological polar surface area (TPSA) is 90.4 Å². The van der Waals surface area contributed by atoms with E-state index in [9.17, 15) is 14.4 Å².